The molecule has 1 aliphatic rings. The molecule has 3 N–H and O–H groups in total. The second-order valence-corrected chi connectivity index (χ2v) is 9.36. The Balaban J connectivity index is 1.58. The molecule has 170 valence electrons. The molecule has 2 amide bonds. The number of ether oxygens (including phenoxy) is 1. The summed E-state index contributed by atoms with van der Waals surface area (Å²) < 4.78 is 5.45. The Morgan fingerprint density at radius 1 is 0.969 bits per heavy atom. The standard InChI is InChI=1S/C25H30N2O5/c1-15(22(28)27-21(23(29)30)13-25(2,3)4)26-24(31)32-14-20-18-11-7-5-9-16(18)17-10-6-8-12-19(17)20/h5-12,15,20-21H,13-14H2,1-4H3,(H,26,31)(H,27,28)(H,29,30)/t15-,21?/m1/s1. The van der Waals surface area contributed by atoms with Gasteiger partial charge in [-0.1, -0.05) is 69.3 Å². The fraction of sp³-hybridized carbons (Fsp3) is 0.400. The fourth-order valence-electron chi connectivity index (χ4n) is 3.99. The van der Waals surface area contributed by atoms with Gasteiger partial charge in [-0.15, -0.1) is 0 Å². The molecule has 2 atom stereocenters. The molecule has 1 unspecified atom stereocenters. The molecule has 0 heterocycles. The average Bonchev–Trinajstić information content (AvgIpc) is 3.04. The van der Waals surface area contributed by atoms with Gasteiger partial charge in [0.1, 0.15) is 18.7 Å². The van der Waals surface area contributed by atoms with Crippen molar-refractivity contribution in [1.29, 1.82) is 0 Å². The SMILES string of the molecule is C[C@@H](NC(=O)OCC1c2ccccc2-c2ccccc21)C(=O)NC(CC(C)(C)C)C(=O)O. The van der Waals surface area contributed by atoms with E-state index in [4.69, 9.17) is 4.74 Å². The first-order chi connectivity index (χ1) is 15.1. The van der Waals surface area contributed by atoms with Crippen LogP contribution in [0.5, 0.6) is 0 Å². The van der Waals surface area contributed by atoms with Crippen LogP contribution in [0.4, 0.5) is 4.79 Å². The summed E-state index contributed by atoms with van der Waals surface area (Å²) in [5.41, 5.74) is 4.17. The van der Waals surface area contributed by atoms with Crippen molar-refractivity contribution >= 4 is 18.0 Å². The molecule has 3 rings (SSSR count). The first-order valence-corrected chi connectivity index (χ1v) is 10.7. The summed E-state index contributed by atoms with van der Waals surface area (Å²) in [6.45, 7) is 7.32. The molecular formula is C25H30N2O5. The van der Waals surface area contributed by atoms with Crippen LogP contribution in [0.3, 0.4) is 0 Å². The van der Waals surface area contributed by atoms with Gasteiger partial charge in [0.25, 0.3) is 0 Å². The molecule has 1 aliphatic carbocycles. The zero-order valence-corrected chi connectivity index (χ0v) is 18.8. The van der Waals surface area contributed by atoms with Crippen molar-refractivity contribution in [2.75, 3.05) is 6.61 Å². The number of hydrogen-bond acceptors (Lipinski definition) is 4. The molecule has 7 nitrogen and oxygen atoms in total. The van der Waals surface area contributed by atoms with Crippen molar-refractivity contribution in [2.45, 2.75) is 52.1 Å². The second kappa shape index (κ2) is 9.42. The predicted molar refractivity (Wildman–Crippen MR) is 121 cm³/mol. The minimum Gasteiger partial charge on any atom is -0.480 e. The summed E-state index contributed by atoms with van der Waals surface area (Å²) >= 11 is 0. The van der Waals surface area contributed by atoms with Crippen molar-refractivity contribution in [3.8, 4) is 11.1 Å². The van der Waals surface area contributed by atoms with Crippen LogP contribution in [0.25, 0.3) is 11.1 Å². The van der Waals surface area contributed by atoms with Crippen LogP contribution in [0.1, 0.15) is 51.2 Å². The van der Waals surface area contributed by atoms with Crippen LogP contribution in [0.2, 0.25) is 0 Å². The normalized spacial score (nSPS) is 14.6. The Labute approximate surface area is 188 Å². The number of carbonyl (C=O) groups excluding carboxylic acids is 2. The number of aliphatic carboxylic acids is 1. The van der Waals surface area contributed by atoms with Crippen molar-refractivity contribution in [3.05, 3.63) is 59.7 Å². The van der Waals surface area contributed by atoms with E-state index in [0.717, 1.165) is 22.3 Å². The Morgan fingerprint density at radius 3 is 2.00 bits per heavy atom. The quantitative estimate of drug-likeness (QED) is 0.608. The predicted octanol–water partition coefficient (Wildman–Crippen LogP) is 3.92. The van der Waals surface area contributed by atoms with Crippen LogP contribution in [-0.2, 0) is 14.3 Å². The molecule has 0 fully saturated rings. The number of carboxylic acid groups (broad SMARTS) is 1. The summed E-state index contributed by atoms with van der Waals surface area (Å²) in [7, 11) is 0. The largest absolute Gasteiger partial charge is 0.480 e. The van der Waals surface area contributed by atoms with Gasteiger partial charge in [-0.3, -0.25) is 4.79 Å². The minimum absolute atomic E-state index is 0.0829. The molecule has 0 bridgehead atoms. The minimum atomic E-state index is -1.11. The van der Waals surface area contributed by atoms with Gasteiger partial charge in [-0.25, -0.2) is 9.59 Å². The van der Waals surface area contributed by atoms with E-state index >= 15 is 0 Å². The van der Waals surface area contributed by atoms with E-state index < -0.39 is 30.1 Å². The molecule has 0 spiro atoms. The lowest BCUT2D eigenvalue weighted by molar-refractivity contribution is -0.142. The van der Waals surface area contributed by atoms with Gasteiger partial charge >= 0.3 is 12.1 Å². The van der Waals surface area contributed by atoms with Crippen molar-refractivity contribution in [1.82, 2.24) is 10.6 Å². The molecule has 2 aromatic rings. The van der Waals surface area contributed by atoms with Gasteiger partial charge in [-0.05, 0) is 41.0 Å². The Hall–Kier alpha value is -3.35. The summed E-state index contributed by atoms with van der Waals surface area (Å²) in [5.74, 6) is -1.77. The maximum absolute atomic E-state index is 12.4. The van der Waals surface area contributed by atoms with Crippen LogP contribution in [-0.4, -0.2) is 41.8 Å². The third kappa shape index (κ3) is 5.46. The highest BCUT2D eigenvalue weighted by Crippen LogP contribution is 2.44. The molecular weight excluding hydrogens is 408 g/mol. The summed E-state index contributed by atoms with van der Waals surface area (Å²) in [5, 5.41) is 14.4. The zero-order valence-electron chi connectivity index (χ0n) is 18.8. The topological polar surface area (TPSA) is 105 Å². The van der Waals surface area contributed by atoms with Crippen LogP contribution in [0.15, 0.2) is 48.5 Å². The number of carbonyl (C=O) groups is 3. The van der Waals surface area contributed by atoms with E-state index in [-0.39, 0.29) is 24.4 Å². The lowest BCUT2D eigenvalue weighted by Gasteiger charge is -2.25. The molecule has 7 heteroatoms. The number of amides is 2. The lowest BCUT2D eigenvalue weighted by atomic mass is 9.88. The highest BCUT2D eigenvalue weighted by atomic mass is 16.5. The highest BCUT2D eigenvalue weighted by Gasteiger charge is 2.30. The summed E-state index contributed by atoms with van der Waals surface area (Å²) in [6.07, 6.45) is -0.455. The number of alkyl carbamates (subject to hydrolysis) is 1. The van der Waals surface area contributed by atoms with Gasteiger partial charge in [0.2, 0.25) is 5.91 Å². The maximum Gasteiger partial charge on any atom is 0.407 e. The zero-order chi connectivity index (χ0) is 23.5. The number of fused-ring (bicyclic) bond motifs is 3. The molecule has 2 aromatic carbocycles. The van der Waals surface area contributed by atoms with Crippen LogP contribution < -0.4 is 10.6 Å². The summed E-state index contributed by atoms with van der Waals surface area (Å²) in [4.78, 5) is 36.3. The van der Waals surface area contributed by atoms with Gasteiger partial charge in [0, 0.05) is 5.92 Å². The lowest BCUT2D eigenvalue weighted by Crippen LogP contribution is -2.51. The van der Waals surface area contributed by atoms with E-state index in [0.29, 0.717) is 0 Å². The van der Waals surface area contributed by atoms with E-state index in [2.05, 4.69) is 22.8 Å². The van der Waals surface area contributed by atoms with E-state index in [1.165, 1.54) is 6.92 Å². The Morgan fingerprint density at radius 2 is 1.50 bits per heavy atom. The molecule has 0 saturated heterocycles. The van der Waals surface area contributed by atoms with Crippen LogP contribution >= 0.6 is 0 Å². The van der Waals surface area contributed by atoms with Gasteiger partial charge in [-0.2, -0.15) is 0 Å². The molecule has 32 heavy (non-hydrogen) atoms. The molecule has 0 aliphatic heterocycles. The Bertz CT molecular complexity index is 966. The monoisotopic (exact) mass is 438 g/mol. The third-order valence-electron chi connectivity index (χ3n) is 5.50. The van der Waals surface area contributed by atoms with Crippen molar-refractivity contribution in [2.24, 2.45) is 5.41 Å². The van der Waals surface area contributed by atoms with E-state index in [1.807, 2.05) is 57.2 Å². The third-order valence-corrected chi connectivity index (χ3v) is 5.50. The number of carboxylic acids is 1. The number of benzene rings is 2. The van der Waals surface area contributed by atoms with Gasteiger partial charge < -0.3 is 20.5 Å². The van der Waals surface area contributed by atoms with E-state index in [1.54, 1.807) is 0 Å². The smallest absolute Gasteiger partial charge is 0.407 e. The molecule has 0 saturated carbocycles. The van der Waals surface area contributed by atoms with Crippen molar-refractivity contribution in [3.63, 3.8) is 0 Å². The van der Waals surface area contributed by atoms with Gasteiger partial charge in [0.05, 0.1) is 0 Å². The van der Waals surface area contributed by atoms with Crippen molar-refractivity contribution < 1.29 is 24.2 Å². The Kier molecular flexibility index (Phi) is 6.87. The van der Waals surface area contributed by atoms with Crippen LogP contribution in [0, 0.1) is 5.41 Å². The van der Waals surface area contributed by atoms with E-state index in [9.17, 15) is 19.5 Å². The molecule has 0 radical (unpaired) electrons. The maximum atomic E-state index is 12.4. The summed E-state index contributed by atoms with van der Waals surface area (Å²) in [6, 6.07) is 14.1. The molecule has 0 aromatic heterocycles. The number of hydrogen-bond donors (Lipinski definition) is 3. The van der Waals surface area contributed by atoms with Gasteiger partial charge in [0.15, 0.2) is 0 Å². The second-order valence-electron chi connectivity index (χ2n) is 9.36. The highest BCUT2D eigenvalue weighted by molar-refractivity contribution is 5.89. The number of nitrogens with one attached hydrogen (secondary N) is 2. The number of rotatable bonds is 7. The first kappa shape index (κ1) is 23.3. The first-order valence-electron chi connectivity index (χ1n) is 10.7. The fourth-order valence-corrected chi connectivity index (χ4v) is 3.99. The average molecular weight is 439 g/mol.